The molecule has 2 N–H and O–H groups in total. The van der Waals surface area contributed by atoms with Crippen LogP contribution in [0.2, 0.25) is 0 Å². The van der Waals surface area contributed by atoms with Crippen molar-refractivity contribution in [2.24, 2.45) is 0 Å². The van der Waals surface area contributed by atoms with Crippen LogP contribution >= 0.6 is 0 Å². The summed E-state index contributed by atoms with van der Waals surface area (Å²) in [7, 11) is 0. The van der Waals surface area contributed by atoms with Crippen LogP contribution in [-0.4, -0.2) is 22.2 Å². The van der Waals surface area contributed by atoms with E-state index in [1.165, 1.54) is 0 Å². The molecule has 0 aliphatic heterocycles. The fourth-order valence-corrected chi connectivity index (χ4v) is 5.40. The van der Waals surface area contributed by atoms with Crippen LogP contribution in [0.3, 0.4) is 0 Å². The lowest BCUT2D eigenvalue weighted by Gasteiger charge is -2.32. The van der Waals surface area contributed by atoms with E-state index >= 15 is 0 Å². The van der Waals surface area contributed by atoms with E-state index in [4.69, 9.17) is 0 Å². The smallest absolute Gasteiger partial charge is 0.303 e. The van der Waals surface area contributed by atoms with Crippen molar-refractivity contribution in [3.63, 3.8) is 0 Å². The standard InChI is InChI=1S/C29H24O4/c30-27(31)14-16-29(17-15-28(32)33)25-11-4-3-9-23(25)24-13-12-20(18-26(24)29)22-10-5-7-19-6-1-2-8-21(19)22/h1-13,18H,14-17H2,(H,30,31)(H,32,33). The summed E-state index contributed by atoms with van der Waals surface area (Å²) in [5, 5.41) is 21.3. The lowest BCUT2D eigenvalue weighted by molar-refractivity contribution is -0.137. The van der Waals surface area contributed by atoms with Gasteiger partial charge >= 0.3 is 11.9 Å². The molecule has 0 fully saturated rings. The Morgan fingerprint density at radius 3 is 2.00 bits per heavy atom. The molecule has 1 aliphatic carbocycles. The first-order valence-corrected chi connectivity index (χ1v) is 11.2. The van der Waals surface area contributed by atoms with Crippen LogP contribution in [-0.2, 0) is 15.0 Å². The Hall–Kier alpha value is -3.92. The zero-order valence-corrected chi connectivity index (χ0v) is 18.1. The number of hydrogen-bond acceptors (Lipinski definition) is 2. The van der Waals surface area contributed by atoms with Crippen LogP contribution in [0.5, 0.6) is 0 Å². The van der Waals surface area contributed by atoms with Gasteiger partial charge in [0.1, 0.15) is 0 Å². The molecule has 0 saturated heterocycles. The first kappa shape index (κ1) is 21.0. The Bertz CT molecular complexity index is 1360. The molecule has 4 nitrogen and oxygen atoms in total. The lowest BCUT2D eigenvalue weighted by atomic mass is 9.71. The highest BCUT2D eigenvalue weighted by molar-refractivity contribution is 5.97. The Morgan fingerprint density at radius 1 is 0.636 bits per heavy atom. The van der Waals surface area contributed by atoms with Gasteiger partial charge in [0, 0.05) is 18.3 Å². The van der Waals surface area contributed by atoms with Crippen molar-refractivity contribution >= 4 is 22.7 Å². The molecule has 4 aromatic carbocycles. The molecule has 164 valence electrons. The van der Waals surface area contributed by atoms with Crippen molar-refractivity contribution in [2.75, 3.05) is 0 Å². The molecule has 0 radical (unpaired) electrons. The predicted molar refractivity (Wildman–Crippen MR) is 129 cm³/mol. The summed E-state index contributed by atoms with van der Waals surface area (Å²) < 4.78 is 0. The second-order valence-electron chi connectivity index (χ2n) is 8.70. The van der Waals surface area contributed by atoms with Gasteiger partial charge in [-0.05, 0) is 63.1 Å². The minimum atomic E-state index is -0.874. The fraction of sp³-hybridized carbons (Fsp3) is 0.172. The molecular formula is C29H24O4. The summed E-state index contributed by atoms with van der Waals surface area (Å²) in [6, 6.07) is 28.9. The van der Waals surface area contributed by atoms with E-state index in [0.717, 1.165) is 44.2 Å². The van der Waals surface area contributed by atoms with E-state index in [1.807, 2.05) is 36.4 Å². The quantitative estimate of drug-likeness (QED) is 0.347. The summed E-state index contributed by atoms with van der Waals surface area (Å²) >= 11 is 0. The van der Waals surface area contributed by atoms with Gasteiger partial charge in [-0.2, -0.15) is 0 Å². The predicted octanol–water partition coefficient (Wildman–Crippen LogP) is 6.50. The SMILES string of the molecule is O=C(O)CCC1(CCC(=O)O)c2ccccc2-c2ccc(-c3cccc4ccccc34)cc21. The normalized spacial score (nSPS) is 13.5. The molecule has 1 aliphatic rings. The molecule has 4 aromatic rings. The zero-order chi connectivity index (χ0) is 23.0. The number of carbonyl (C=O) groups is 2. The van der Waals surface area contributed by atoms with E-state index in [2.05, 4.69) is 48.5 Å². The number of fused-ring (bicyclic) bond motifs is 4. The van der Waals surface area contributed by atoms with E-state index < -0.39 is 17.4 Å². The van der Waals surface area contributed by atoms with Gasteiger partial charge in [0.2, 0.25) is 0 Å². The highest BCUT2D eigenvalue weighted by atomic mass is 16.4. The third kappa shape index (κ3) is 3.58. The number of aliphatic carboxylic acids is 2. The van der Waals surface area contributed by atoms with Gasteiger partial charge in [-0.1, -0.05) is 78.9 Å². The third-order valence-electron chi connectivity index (χ3n) is 6.90. The van der Waals surface area contributed by atoms with Gasteiger partial charge in [0.25, 0.3) is 0 Å². The van der Waals surface area contributed by atoms with Crippen molar-refractivity contribution in [3.05, 3.63) is 96.1 Å². The molecule has 0 spiro atoms. The van der Waals surface area contributed by atoms with Crippen LogP contribution in [0.15, 0.2) is 84.9 Å². The zero-order valence-electron chi connectivity index (χ0n) is 18.1. The monoisotopic (exact) mass is 436 g/mol. The number of hydrogen-bond donors (Lipinski definition) is 2. The van der Waals surface area contributed by atoms with E-state index in [1.54, 1.807) is 0 Å². The average Bonchev–Trinajstić information content (AvgIpc) is 3.10. The van der Waals surface area contributed by atoms with Gasteiger partial charge in [-0.3, -0.25) is 9.59 Å². The minimum Gasteiger partial charge on any atom is -0.481 e. The van der Waals surface area contributed by atoms with Crippen LogP contribution in [0, 0.1) is 0 Å². The summed E-state index contributed by atoms with van der Waals surface area (Å²) in [5.41, 5.74) is 5.68. The summed E-state index contributed by atoms with van der Waals surface area (Å²) in [4.78, 5) is 23.2. The highest BCUT2D eigenvalue weighted by Crippen LogP contribution is 2.54. The second-order valence-corrected chi connectivity index (χ2v) is 8.70. The molecule has 4 heteroatoms. The minimum absolute atomic E-state index is 0.0219. The van der Waals surface area contributed by atoms with Crippen molar-refractivity contribution < 1.29 is 19.8 Å². The molecule has 0 heterocycles. The van der Waals surface area contributed by atoms with E-state index in [-0.39, 0.29) is 12.8 Å². The summed E-state index contributed by atoms with van der Waals surface area (Å²) in [6.07, 6.45) is 0.676. The molecule has 0 atom stereocenters. The van der Waals surface area contributed by atoms with Gasteiger partial charge in [0.05, 0.1) is 0 Å². The van der Waals surface area contributed by atoms with Crippen LogP contribution in [0.1, 0.15) is 36.8 Å². The molecule has 33 heavy (non-hydrogen) atoms. The van der Waals surface area contributed by atoms with Crippen molar-refractivity contribution in [1.29, 1.82) is 0 Å². The molecule has 0 saturated carbocycles. The number of rotatable bonds is 7. The average molecular weight is 437 g/mol. The van der Waals surface area contributed by atoms with Crippen LogP contribution in [0.4, 0.5) is 0 Å². The first-order valence-electron chi connectivity index (χ1n) is 11.2. The molecule has 0 bridgehead atoms. The van der Waals surface area contributed by atoms with Gasteiger partial charge in [0.15, 0.2) is 0 Å². The maximum absolute atomic E-state index is 11.6. The van der Waals surface area contributed by atoms with E-state index in [0.29, 0.717) is 12.8 Å². The summed E-state index contributed by atoms with van der Waals surface area (Å²) in [5.74, 6) is -1.75. The topological polar surface area (TPSA) is 74.6 Å². The Kier molecular flexibility index (Phi) is 5.21. The molecule has 5 rings (SSSR count). The van der Waals surface area contributed by atoms with Crippen molar-refractivity contribution in [2.45, 2.75) is 31.1 Å². The van der Waals surface area contributed by atoms with Crippen molar-refractivity contribution in [3.8, 4) is 22.3 Å². The van der Waals surface area contributed by atoms with E-state index in [9.17, 15) is 19.8 Å². The number of benzene rings is 4. The maximum Gasteiger partial charge on any atom is 0.303 e. The highest BCUT2D eigenvalue weighted by Gasteiger charge is 2.43. The molecule has 0 aromatic heterocycles. The third-order valence-corrected chi connectivity index (χ3v) is 6.90. The largest absolute Gasteiger partial charge is 0.481 e. The number of carboxylic acid groups (broad SMARTS) is 2. The molecule has 0 amide bonds. The van der Waals surface area contributed by atoms with Gasteiger partial charge in [-0.15, -0.1) is 0 Å². The Morgan fingerprint density at radius 2 is 1.24 bits per heavy atom. The lowest BCUT2D eigenvalue weighted by Crippen LogP contribution is -2.27. The number of carboxylic acids is 2. The van der Waals surface area contributed by atoms with Gasteiger partial charge < -0.3 is 10.2 Å². The van der Waals surface area contributed by atoms with Crippen LogP contribution < -0.4 is 0 Å². The fourth-order valence-electron chi connectivity index (χ4n) is 5.40. The van der Waals surface area contributed by atoms with Crippen molar-refractivity contribution in [1.82, 2.24) is 0 Å². The van der Waals surface area contributed by atoms with Gasteiger partial charge in [-0.25, -0.2) is 0 Å². The second kappa shape index (κ2) is 8.21. The molecular weight excluding hydrogens is 412 g/mol. The Balaban J connectivity index is 1.73. The molecule has 0 unspecified atom stereocenters. The summed E-state index contributed by atoms with van der Waals surface area (Å²) in [6.45, 7) is 0. The first-order chi connectivity index (χ1) is 16.0. The van der Waals surface area contributed by atoms with Crippen LogP contribution in [0.25, 0.3) is 33.0 Å². The maximum atomic E-state index is 11.6. The Labute approximate surface area is 192 Å².